The van der Waals surface area contributed by atoms with Crippen molar-refractivity contribution in [3.8, 4) is 0 Å². The smallest absolute Gasteiger partial charge is 0.188 e. The van der Waals surface area contributed by atoms with Crippen LogP contribution >= 0.6 is 11.3 Å². The topological polar surface area (TPSA) is 60.2 Å². The zero-order valence-electron chi connectivity index (χ0n) is 7.06. The highest BCUT2D eigenvalue weighted by Crippen LogP contribution is 2.36. The molecular formula is C8H11NO2S2. The van der Waals surface area contributed by atoms with Gasteiger partial charge in [0.05, 0.1) is 5.75 Å². The van der Waals surface area contributed by atoms with E-state index in [2.05, 4.69) is 0 Å². The molecular weight excluding hydrogens is 206 g/mol. The summed E-state index contributed by atoms with van der Waals surface area (Å²) in [4.78, 5) is 0. The van der Waals surface area contributed by atoms with Crippen LogP contribution in [0.5, 0.6) is 0 Å². The molecule has 2 heterocycles. The highest BCUT2D eigenvalue weighted by atomic mass is 32.2. The molecule has 13 heavy (non-hydrogen) atoms. The Morgan fingerprint density at radius 1 is 1.62 bits per heavy atom. The minimum atomic E-state index is -2.98. The number of rotatable bonds is 1. The summed E-state index contributed by atoms with van der Waals surface area (Å²) in [6.07, 6.45) is 0.669. The van der Waals surface area contributed by atoms with E-state index < -0.39 is 9.84 Å². The molecule has 0 spiro atoms. The number of nitrogens with two attached hydrogens (primary N) is 1. The molecule has 1 aromatic heterocycles. The van der Waals surface area contributed by atoms with Crippen LogP contribution in [0, 0.1) is 0 Å². The lowest BCUT2D eigenvalue weighted by Crippen LogP contribution is -2.23. The van der Waals surface area contributed by atoms with Crippen LogP contribution in [-0.4, -0.2) is 20.7 Å². The third-order valence-electron chi connectivity index (χ3n) is 2.40. The number of hydrogen-bond acceptors (Lipinski definition) is 4. The molecule has 72 valence electrons. The van der Waals surface area contributed by atoms with Crippen molar-refractivity contribution < 1.29 is 8.42 Å². The zero-order chi connectivity index (χ0) is 9.47. The molecule has 1 aliphatic rings. The molecule has 1 atom stereocenters. The van der Waals surface area contributed by atoms with E-state index in [4.69, 9.17) is 5.73 Å². The lowest BCUT2D eigenvalue weighted by atomic mass is 9.99. The number of thiophene rings is 1. The fourth-order valence-electron chi connectivity index (χ4n) is 1.65. The number of sulfone groups is 1. The SMILES string of the molecule is NCC1CCS(=O)(=O)c2sccc21. The van der Waals surface area contributed by atoms with Crippen molar-refractivity contribution >= 4 is 21.2 Å². The molecule has 0 amide bonds. The predicted octanol–water partition coefficient (Wildman–Crippen LogP) is 0.968. The van der Waals surface area contributed by atoms with Crippen molar-refractivity contribution in [2.24, 2.45) is 5.73 Å². The van der Waals surface area contributed by atoms with Crippen molar-refractivity contribution in [2.75, 3.05) is 12.3 Å². The van der Waals surface area contributed by atoms with Crippen molar-refractivity contribution in [3.63, 3.8) is 0 Å². The molecule has 2 N–H and O–H groups in total. The molecule has 1 aromatic rings. The standard InChI is InChI=1S/C8H11NO2S2/c9-5-6-2-4-13(10,11)8-7(6)1-3-12-8/h1,3,6H,2,4-5,9H2. The maximum absolute atomic E-state index is 11.6. The van der Waals surface area contributed by atoms with Gasteiger partial charge in [-0.05, 0) is 35.9 Å². The molecule has 0 saturated carbocycles. The summed E-state index contributed by atoms with van der Waals surface area (Å²) < 4.78 is 23.7. The molecule has 0 bridgehead atoms. The van der Waals surface area contributed by atoms with Gasteiger partial charge in [-0.1, -0.05) is 0 Å². The lowest BCUT2D eigenvalue weighted by Gasteiger charge is -2.20. The maximum Gasteiger partial charge on any atom is 0.188 e. The summed E-state index contributed by atoms with van der Waals surface area (Å²) in [5.74, 6) is 0.493. The Balaban J connectivity index is 2.56. The fraction of sp³-hybridized carbons (Fsp3) is 0.500. The van der Waals surface area contributed by atoms with Gasteiger partial charge in [-0.2, -0.15) is 0 Å². The highest BCUT2D eigenvalue weighted by molar-refractivity contribution is 7.93. The summed E-state index contributed by atoms with van der Waals surface area (Å²) >= 11 is 1.31. The molecule has 1 aliphatic heterocycles. The van der Waals surface area contributed by atoms with Crippen LogP contribution in [0.3, 0.4) is 0 Å². The van der Waals surface area contributed by atoms with Gasteiger partial charge >= 0.3 is 0 Å². The van der Waals surface area contributed by atoms with Crippen LogP contribution in [0.4, 0.5) is 0 Å². The first-order chi connectivity index (χ1) is 6.15. The van der Waals surface area contributed by atoms with E-state index in [0.717, 1.165) is 5.56 Å². The molecule has 0 aromatic carbocycles. The quantitative estimate of drug-likeness (QED) is 0.762. The Kier molecular flexibility index (Phi) is 2.17. The third kappa shape index (κ3) is 1.41. The van der Waals surface area contributed by atoms with Crippen LogP contribution in [0.25, 0.3) is 0 Å². The monoisotopic (exact) mass is 217 g/mol. The van der Waals surface area contributed by atoms with E-state index in [-0.39, 0.29) is 11.7 Å². The Hall–Kier alpha value is -0.390. The van der Waals surface area contributed by atoms with E-state index in [9.17, 15) is 8.42 Å². The van der Waals surface area contributed by atoms with Crippen LogP contribution in [0.2, 0.25) is 0 Å². The third-order valence-corrected chi connectivity index (χ3v) is 5.75. The highest BCUT2D eigenvalue weighted by Gasteiger charge is 2.30. The van der Waals surface area contributed by atoms with Gasteiger partial charge in [0.1, 0.15) is 4.21 Å². The van der Waals surface area contributed by atoms with E-state index in [0.29, 0.717) is 17.2 Å². The normalized spacial score (nSPS) is 25.5. The average molecular weight is 217 g/mol. The van der Waals surface area contributed by atoms with E-state index >= 15 is 0 Å². The molecule has 2 rings (SSSR count). The first-order valence-corrected chi connectivity index (χ1v) is 6.68. The molecule has 0 saturated heterocycles. The van der Waals surface area contributed by atoms with E-state index in [1.165, 1.54) is 11.3 Å². The number of hydrogen-bond donors (Lipinski definition) is 1. The van der Waals surface area contributed by atoms with Crippen molar-refractivity contribution in [3.05, 3.63) is 17.0 Å². The van der Waals surface area contributed by atoms with E-state index in [1.807, 2.05) is 11.4 Å². The van der Waals surface area contributed by atoms with Gasteiger partial charge in [-0.15, -0.1) is 11.3 Å². The Labute approximate surface area is 81.5 Å². The van der Waals surface area contributed by atoms with Crippen molar-refractivity contribution in [1.82, 2.24) is 0 Å². The van der Waals surface area contributed by atoms with Gasteiger partial charge in [-0.25, -0.2) is 8.42 Å². The molecule has 0 radical (unpaired) electrons. The van der Waals surface area contributed by atoms with E-state index in [1.54, 1.807) is 0 Å². The van der Waals surface area contributed by atoms with Gasteiger partial charge < -0.3 is 5.73 Å². The fourth-order valence-corrected chi connectivity index (χ4v) is 4.74. The zero-order valence-corrected chi connectivity index (χ0v) is 8.70. The van der Waals surface area contributed by atoms with Crippen LogP contribution in [-0.2, 0) is 9.84 Å². The molecule has 5 heteroatoms. The van der Waals surface area contributed by atoms with Gasteiger partial charge in [0.25, 0.3) is 0 Å². The van der Waals surface area contributed by atoms with Gasteiger partial charge in [0, 0.05) is 0 Å². The summed E-state index contributed by atoms with van der Waals surface area (Å²) in [5, 5.41) is 1.83. The average Bonchev–Trinajstić information content (AvgIpc) is 2.54. The summed E-state index contributed by atoms with van der Waals surface area (Å²) in [6, 6.07) is 1.88. The first kappa shape index (κ1) is 9.18. The summed E-state index contributed by atoms with van der Waals surface area (Å²) in [5.41, 5.74) is 6.51. The largest absolute Gasteiger partial charge is 0.330 e. The minimum Gasteiger partial charge on any atom is -0.330 e. The Morgan fingerprint density at radius 3 is 3.08 bits per heavy atom. The van der Waals surface area contributed by atoms with Gasteiger partial charge in [0.15, 0.2) is 9.84 Å². The van der Waals surface area contributed by atoms with Crippen LogP contribution < -0.4 is 5.73 Å². The van der Waals surface area contributed by atoms with Crippen LogP contribution in [0.15, 0.2) is 15.7 Å². The predicted molar refractivity (Wildman–Crippen MR) is 52.8 cm³/mol. The minimum absolute atomic E-state index is 0.241. The molecule has 3 nitrogen and oxygen atoms in total. The summed E-state index contributed by atoms with van der Waals surface area (Å²) in [6.45, 7) is 0.541. The lowest BCUT2D eigenvalue weighted by molar-refractivity contribution is 0.571. The molecule has 0 fully saturated rings. The van der Waals surface area contributed by atoms with Crippen molar-refractivity contribution in [2.45, 2.75) is 16.5 Å². The summed E-state index contributed by atoms with van der Waals surface area (Å²) in [7, 11) is -2.98. The first-order valence-electron chi connectivity index (χ1n) is 4.15. The van der Waals surface area contributed by atoms with Crippen LogP contribution in [0.1, 0.15) is 17.9 Å². The molecule has 1 unspecified atom stereocenters. The van der Waals surface area contributed by atoms with Gasteiger partial charge in [0.2, 0.25) is 0 Å². The second-order valence-corrected chi connectivity index (χ2v) is 6.42. The van der Waals surface area contributed by atoms with Gasteiger partial charge in [-0.3, -0.25) is 0 Å². The molecule has 0 aliphatic carbocycles. The van der Waals surface area contributed by atoms with Crippen molar-refractivity contribution in [1.29, 1.82) is 0 Å². The second-order valence-electron chi connectivity index (χ2n) is 3.20. The number of fused-ring (bicyclic) bond motifs is 1. The maximum atomic E-state index is 11.6. The Bertz CT molecular complexity index is 408. The second kappa shape index (κ2) is 3.08. The Morgan fingerprint density at radius 2 is 2.38 bits per heavy atom.